The Morgan fingerprint density at radius 1 is 1.13 bits per heavy atom. The number of amides is 1. The van der Waals surface area contributed by atoms with Crippen molar-refractivity contribution in [3.05, 3.63) is 83.4 Å². The molecule has 1 aliphatic rings. The topological polar surface area (TPSA) is 38.3 Å². The molecule has 3 rings (SSSR count). The molecule has 0 bridgehead atoms. The van der Waals surface area contributed by atoms with Gasteiger partial charge in [-0.2, -0.15) is 0 Å². The average molecular weight is 305 g/mol. The lowest BCUT2D eigenvalue weighted by Crippen LogP contribution is -2.21. The highest BCUT2D eigenvalue weighted by Crippen LogP contribution is 2.29. The number of hydrogen-bond acceptors (Lipinski definition) is 2. The van der Waals surface area contributed by atoms with Gasteiger partial charge in [0.1, 0.15) is 11.9 Å². The van der Waals surface area contributed by atoms with Crippen LogP contribution < -0.4 is 10.1 Å². The van der Waals surface area contributed by atoms with Crippen LogP contribution in [0.15, 0.2) is 72.3 Å². The van der Waals surface area contributed by atoms with E-state index in [0.717, 1.165) is 22.4 Å². The van der Waals surface area contributed by atoms with Gasteiger partial charge in [-0.25, -0.2) is 0 Å². The molecule has 23 heavy (non-hydrogen) atoms. The molecule has 1 heterocycles. The molecule has 2 aromatic carbocycles. The molecule has 0 radical (unpaired) electrons. The summed E-state index contributed by atoms with van der Waals surface area (Å²) in [7, 11) is 0. The zero-order valence-electron chi connectivity index (χ0n) is 13.0. The van der Waals surface area contributed by atoms with Crippen molar-refractivity contribution in [2.75, 3.05) is 0 Å². The second-order valence-electron chi connectivity index (χ2n) is 5.48. The summed E-state index contributed by atoms with van der Waals surface area (Å²) in [6.45, 7) is 2.51. The van der Waals surface area contributed by atoms with Gasteiger partial charge in [0.2, 0.25) is 5.91 Å². The van der Waals surface area contributed by atoms with Crippen molar-refractivity contribution in [1.29, 1.82) is 0 Å². The summed E-state index contributed by atoms with van der Waals surface area (Å²) in [6, 6.07) is 17.7. The van der Waals surface area contributed by atoms with Crippen LogP contribution in [0.2, 0.25) is 0 Å². The lowest BCUT2D eigenvalue weighted by atomic mass is 10.0. The number of hydrogen-bond donors (Lipinski definition) is 1. The third-order valence-electron chi connectivity index (χ3n) is 3.75. The van der Waals surface area contributed by atoms with Crippen LogP contribution in [0.1, 0.15) is 18.1 Å². The molecule has 3 heteroatoms. The van der Waals surface area contributed by atoms with Gasteiger partial charge in [-0.1, -0.05) is 48.5 Å². The standard InChI is InChI=1S/C20H19NO2/c1-15-17(13-18-9-5-6-10-19(18)23-15)11-12-20(22)21-14-16-7-3-2-4-8-16/h2-13,15H,14H2,1H3,(H,21,22)/b12-11+. The van der Waals surface area contributed by atoms with Crippen molar-refractivity contribution >= 4 is 12.0 Å². The maximum Gasteiger partial charge on any atom is 0.244 e. The Morgan fingerprint density at radius 3 is 2.70 bits per heavy atom. The van der Waals surface area contributed by atoms with Crippen LogP contribution in [-0.4, -0.2) is 12.0 Å². The molecule has 1 N–H and O–H groups in total. The van der Waals surface area contributed by atoms with Crippen LogP contribution in [-0.2, 0) is 11.3 Å². The Labute approximate surface area is 136 Å². The van der Waals surface area contributed by atoms with Gasteiger partial charge in [0.05, 0.1) is 0 Å². The molecule has 2 aromatic rings. The summed E-state index contributed by atoms with van der Waals surface area (Å²) < 4.78 is 5.85. The number of carbonyl (C=O) groups is 1. The fourth-order valence-electron chi connectivity index (χ4n) is 2.46. The number of benzene rings is 2. The van der Waals surface area contributed by atoms with Gasteiger partial charge in [-0.05, 0) is 36.3 Å². The summed E-state index contributed by atoms with van der Waals surface area (Å²) in [5.41, 5.74) is 3.10. The summed E-state index contributed by atoms with van der Waals surface area (Å²) >= 11 is 0. The summed E-state index contributed by atoms with van der Waals surface area (Å²) in [5, 5.41) is 2.88. The van der Waals surface area contributed by atoms with E-state index >= 15 is 0 Å². The van der Waals surface area contributed by atoms with E-state index < -0.39 is 0 Å². The van der Waals surface area contributed by atoms with Crippen LogP contribution in [0, 0.1) is 0 Å². The minimum absolute atomic E-state index is 0.0666. The van der Waals surface area contributed by atoms with Gasteiger partial charge in [0, 0.05) is 18.2 Å². The highest BCUT2D eigenvalue weighted by atomic mass is 16.5. The first kappa shape index (κ1) is 15.1. The highest BCUT2D eigenvalue weighted by molar-refractivity contribution is 5.88. The number of fused-ring (bicyclic) bond motifs is 1. The molecule has 0 aromatic heterocycles. The third kappa shape index (κ3) is 3.89. The molecule has 0 spiro atoms. The smallest absolute Gasteiger partial charge is 0.244 e. The van der Waals surface area contributed by atoms with Crippen molar-refractivity contribution in [3.63, 3.8) is 0 Å². The van der Waals surface area contributed by atoms with E-state index in [2.05, 4.69) is 11.4 Å². The number of rotatable bonds is 4. The van der Waals surface area contributed by atoms with E-state index in [4.69, 9.17) is 4.74 Å². The summed E-state index contributed by atoms with van der Waals surface area (Å²) in [6.07, 6.45) is 5.37. The average Bonchev–Trinajstić information content (AvgIpc) is 2.59. The highest BCUT2D eigenvalue weighted by Gasteiger charge is 2.16. The van der Waals surface area contributed by atoms with Crippen molar-refractivity contribution < 1.29 is 9.53 Å². The van der Waals surface area contributed by atoms with Gasteiger partial charge >= 0.3 is 0 Å². The van der Waals surface area contributed by atoms with Gasteiger partial charge in [0.25, 0.3) is 0 Å². The fraction of sp³-hybridized carbons (Fsp3) is 0.150. The first-order chi connectivity index (χ1) is 11.2. The van der Waals surface area contributed by atoms with E-state index in [9.17, 15) is 4.79 Å². The second-order valence-corrected chi connectivity index (χ2v) is 5.48. The van der Waals surface area contributed by atoms with Crippen molar-refractivity contribution in [2.45, 2.75) is 19.6 Å². The largest absolute Gasteiger partial charge is 0.485 e. The van der Waals surface area contributed by atoms with Crippen LogP contribution >= 0.6 is 0 Å². The van der Waals surface area contributed by atoms with E-state index in [1.54, 1.807) is 6.08 Å². The normalized spacial score (nSPS) is 16.4. The molecule has 0 saturated heterocycles. The first-order valence-electron chi connectivity index (χ1n) is 7.69. The Hall–Kier alpha value is -2.81. The Kier molecular flexibility index (Phi) is 4.57. The van der Waals surface area contributed by atoms with Crippen molar-refractivity contribution in [1.82, 2.24) is 5.32 Å². The number of para-hydroxylation sites is 1. The monoisotopic (exact) mass is 305 g/mol. The fourth-order valence-corrected chi connectivity index (χ4v) is 2.46. The number of carbonyl (C=O) groups excluding carboxylic acids is 1. The minimum atomic E-state index is -0.110. The Balaban J connectivity index is 1.63. The van der Waals surface area contributed by atoms with Crippen molar-refractivity contribution in [3.8, 4) is 5.75 Å². The molecule has 3 nitrogen and oxygen atoms in total. The van der Waals surface area contributed by atoms with E-state index in [-0.39, 0.29) is 12.0 Å². The van der Waals surface area contributed by atoms with Crippen LogP contribution in [0.5, 0.6) is 5.75 Å². The third-order valence-corrected chi connectivity index (χ3v) is 3.75. The van der Waals surface area contributed by atoms with E-state index in [1.165, 1.54) is 0 Å². The van der Waals surface area contributed by atoms with Crippen LogP contribution in [0.4, 0.5) is 0 Å². The molecule has 0 saturated carbocycles. The quantitative estimate of drug-likeness (QED) is 0.874. The lowest BCUT2D eigenvalue weighted by molar-refractivity contribution is -0.116. The SMILES string of the molecule is CC1Oc2ccccc2C=C1/C=C/C(=O)NCc1ccccc1. The molecule has 1 amide bonds. The molecule has 0 fully saturated rings. The molecular weight excluding hydrogens is 286 g/mol. The Morgan fingerprint density at radius 2 is 1.87 bits per heavy atom. The van der Waals surface area contributed by atoms with Gasteiger partial charge in [-0.3, -0.25) is 4.79 Å². The van der Waals surface area contributed by atoms with Crippen LogP contribution in [0.25, 0.3) is 6.08 Å². The minimum Gasteiger partial charge on any atom is -0.485 e. The molecule has 1 aliphatic heterocycles. The van der Waals surface area contributed by atoms with Gasteiger partial charge < -0.3 is 10.1 Å². The number of ether oxygens (including phenoxy) is 1. The number of nitrogens with one attached hydrogen (secondary N) is 1. The molecule has 116 valence electrons. The van der Waals surface area contributed by atoms with Gasteiger partial charge in [0.15, 0.2) is 0 Å². The second kappa shape index (κ2) is 6.97. The molecular formula is C20H19NO2. The first-order valence-corrected chi connectivity index (χ1v) is 7.69. The molecule has 1 atom stereocenters. The zero-order valence-corrected chi connectivity index (χ0v) is 13.0. The maximum absolute atomic E-state index is 11.9. The van der Waals surface area contributed by atoms with Crippen LogP contribution in [0.3, 0.4) is 0 Å². The maximum atomic E-state index is 11.9. The van der Waals surface area contributed by atoms with Gasteiger partial charge in [-0.15, -0.1) is 0 Å². The van der Waals surface area contributed by atoms with Crippen molar-refractivity contribution in [2.24, 2.45) is 0 Å². The predicted octanol–water partition coefficient (Wildman–Crippen LogP) is 3.72. The lowest BCUT2D eigenvalue weighted by Gasteiger charge is -2.22. The Bertz CT molecular complexity index is 747. The zero-order chi connectivity index (χ0) is 16.1. The predicted molar refractivity (Wildman–Crippen MR) is 91.9 cm³/mol. The molecule has 1 unspecified atom stereocenters. The van der Waals surface area contributed by atoms with E-state index in [1.807, 2.05) is 67.6 Å². The van der Waals surface area contributed by atoms with E-state index in [0.29, 0.717) is 6.54 Å². The summed E-state index contributed by atoms with van der Waals surface area (Å²) in [5.74, 6) is 0.770. The summed E-state index contributed by atoms with van der Waals surface area (Å²) in [4.78, 5) is 11.9. The molecule has 0 aliphatic carbocycles.